The van der Waals surface area contributed by atoms with E-state index in [1.807, 2.05) is 0 Å². The fourth-order valence-corrected chi connectivity index (χ4v) is 2.15. The number of benzene rings is 1. The minimum atomic E-state index is -0.844. The smallest absolute Gasteiger partial charge is 0.255 e. The second kappa shape index (κ2) is 4.33. The van der Waals surface area contributed by atoms with E-state index in [9.17, 15) is 4.79 Å². The van der Waals surface area contributed by atoms with Crippen LogP contribution in [-0.4, -0.2) is 5.24 Å². The van der Waals surface area contributed by atoms with E-state index in [1.54, 1.807) is 0 Å². The molecule has 76 valence electrons. The second-order valence-corrected chi connectivity index (χ2v) is 4.17. The van der Waals surface area contributed by atoms with Gasteiger partial charge in [-0.05, 0) is 11.6 Å². The molecule has 0 amide bonds. The Morgan fingerprint density at radius 3 is 1.57 bits per heavy atom. The van der Waals surface area contributed by atoms with Crippen molar-refractivity contribution in [1.29, 1.82) is 0 Å². The highest BCUT2D eigenvalue weighted by atomic mass is 35.5. The molecule has 0 atom stereocenters. The van der Waals surface area contributed by atoms with E-state index in [1.165, 1.54) is 0 Å². The van der Waals surface area contributed by atoms with Gasteiger partial charge in [-0.25, -0.2) is 0 Å². The minimum absolute atomic E-state index is 0.0185. The molecule has 7 heteroatoms. The van der Waals surface area contributed by atoms with Crippen molar-refractivity contribution in [2.45, 2.75) is 0 Å². The summed E-state index contributed by atoms with van der Waals surface area (Å²) in [7, 11) is 0. The summed E-state index contributed by atoms with van der Waals surface area (Å²) < 4.78 is 0. The number of hydrogen-bond donors (Lipinski definition) is 1. The van der Waals surface area contributed by atoms with Crippen LogP contribution in [0.5, 0.6) is 0 Å². The summed E-state index contributed by atoms with van der Waals surface area (Å²) in [5, 5.41) is -1.11. The molecular weight excluding hydrogens is 291 g/mol. The standard InChI is InChI=1S/C7H2Cl5NO/c8-2-1(7(12)14)3(9)5(11)6(13)4(2)10/h13H2. The molecule has 2 nitrogen and oxygen atoms in total. The van der Waals surface area contributed by atoms with E-state index in [4.69, 9.17) is 63.7 Å². The molecule has 0 unspecified atom stereocenters. The molecule has 1 rings (SSSR count). The first-order valence-electron chi connectivity index (χ1n) is 3.19. The molecule has 0 bridgehead atoms. The summed E-state index contributed by atoms with van der Waals surface area (Å²) in [6.07, 6.45) is 0. The molecule has 0 fully saturated rings. The van der Waals surface area contributed by atoms with Crippen LogP contribution in [-0.2, 0) is 0 Å². The first-order chi connectivity index (χ1) is 6.37. The number of halogens is 5. The molecule has 0 aromatic heterocycles. The SMILES string of the molecule is Nc1c(Cl)c(Cl)c(C(=O)Cl)c(Cl)c1Cl. The molecule has 0 aliphatic heterocycles. The van der Waals surface area contributed by atoms with Crippen LogP contribution in [0.2, 0.25) is 20.1 Å². The van der Waals surface area contributed by atoms with Gasteiger partial charge in [0.1, 0.15) is 0 Å². The van der Waals surface area contributed by atoms with Crippen LogP contribution in [0.3, 0.4) is 0 Å². The number of anilines is 1. The van der Waals surface area contributed by atoms with Gasteiger partial charge in [0.15, 0.2) is 0 Å². The Kier molecular flexibility index (Phi) is 3.78. The summed E-state index contributed by atoms with van der Waals surface area (Å²) >= 11 is 28.1. The lowest BCUT2D eigenvalue weighted by atomic mass is 10.2. The van der Waals surface area contributed by atoms with Gasteiger partial charge in [-0.2, -0.15) is 0 Å². The molecule has 14 heavy (non-hydrogen) atoms. The summed E-state index contributed by atoms with van der Waals surface area (Å²) in [6, 6.07) is 0. The Hall–Kier alpha value is 0.140. The zero-order valence-corrected chi connectivity index (χ0v) is 10.2. The Morgan fingerprint density at radius 2 is 1.29 bits per heavy atom. The first-order valence-corrected chi connectivity index (χ1v) is 5.08. The third-order valence-electron chi connectivity index (χ3n) is 1.49. The maximum absolute atomic E-state index is 10.9. The van der Waals surface area contributed by atoms with Gasteiger partial charge in [-0.3, -0.25) is 4.79 Å². The summed E-state index contributed by atoms with van der Waals surface area (Å²) in [4.78, 5) is 10.9. The van der Waals surface area contributed by atoms with Gasteiger partial charge in [-0.15, -0.1) is 0 Å². The van der Waals surface area contributed by atoms with Gasteiger partial charge in [0.2, 0.25) is 0 Å². The van der Waals surface area contributed by atoms with Crippen molar-refractivity contribution in [1.82, 2.24) is 0 Å². The van der Waals surface area contributed by atoms with E-state index in [0.29, 0.717) is 0 Å². The third-order valence-corrected chi connectivity index (χ3v) is 3.42. The molecule has 0 spiro atoms. The largest absolute Gasteiger partial charge is 0.396 e. The molecular formula is C7H2Cl5NO. The summed E-state index contributed by atoms with van der Waals surface area (Å²) in [5.74, 6) is 0. The van der Waals surface area contributed by atoms with Gasteiger partial charge in [-0.1, -0.05) is 46.4 Å². The van der Waals surface area contributed by atoms with Gasteiger partial charge < -0.3 is 5.73 Å². The average Bonchev–Trinajstić information content (AvgIpc) is 2.11. The quantitative estimate of drug-likeness (QED) is 0.477. The summed E-state index contributed by atoms with van der Waals surface area (Å²) in [6.45, 7) is 0. The van der Waals surface area contributed by atoms with Crippen molar-refractivity contribution < 1.29 is 4.79 Å². The first kappa shape index (κ1) is 12.2. The van der Waals surface area contributed by atoms with Crippen LogP contribution in [0.1, 0.15) is 10.4 Å². The molecule has 0 aliphatic carbocycles. The zero-order chi connectivity index (χ0) is 11.0. The van der Waals surface area contributed by atoms with Crippen molar-refractivity contribution in [3.05, 3.63) is 25.7 Å². The van der Waals surface area contributed by atoms with Gasteiger partial charge in [0, 0.05) is 0 Å². The van der Waals surface area contributed by atoms with E-state index < -0.39 is 5.24 Å². The number of hydrogen-bond acceptors (Lipinski definition) is 2. The van der Waals surface area contributed by atoms with Gasteiger partial charge in [0.25, 0.3) is 5.24 Å². The van der Waals surface area contributed by atoms with Crippen molar-refractivity contribution in [3.63, 3.8) is 0 Å². The Bertz CT molecular complexity index is 388. The zero-order valence-electron chi connectivity index (χ0n) is 6.38. The normalized spacial score (nSPS) is 10.4. The molecule has 0 aliphatic rings. The predicted octanol–water partition coefficient (Wildman–Crippen LogP) is 4.26. The molecule has 0 saturated heterocycles. The van der Waals surface area contributed by atoms with Gasteiger partial charge >= 0.3 is 0 Å². The molecule has 0 saturated carbocycles. The fourth-order valence-electron chi connectivity index (χ4n) is 0.821. The maximum atomic E-state index is 10.9. The molecule has 2 N–H and O–H groups in total. The van der Waals surface area contributed by atoms with Crippen LogP contribution < -0.4 is 5.73 Å². The topological polar surface area (TPSA) is 43.1 Å². The molecule has 0 radical (unpaired) electrons. The van der Waals surface area contributed by atoms with Crippen LogP contribution in [0, 0.1) is 0 Å². The number of carbonyl (C=O) groups is 1. The number of nitrogens with two attached hydrogens (primary N) is 1. The van der Waals surface area contributed by atoms with Crippen molar-refractivity contribution in [2.24, 2.45) is 0 Å². The maximum Gasteiger partial charge on any atom is 0.255 e. The van der Waals surface area contributed by atoms with Crippen molar-refractivity contribution in [3.8, 4) is 0 Å². The highest BCUT2D eigenvalue weighted by Crippen LogP contribution is 2.43. The van der Waals surface area contributed by atoms with E-state index in [-0.39, 0.29) is 31.3 Å². The Balaban J connectivity index is 3.68. The van der Waals surface area contributed by atoms with Gasteiger partial charge in [0.05, 0.1) is 31.3 Å². The third kappa shape index (κ3) is 1.90. The van der Waals surface area contributed by atoms with Crippen LogP contribution in [0.4, 0.5) is 5.69 Å². The Labute approximate surface area is 105 Å². The number of carbonyl (C=O) groups excluding carboxylic acids is 1. The average molecular weight is 293 g/mol. The number of nitrogen functional groups attached to an aromatic ring is 1. The monoisotopic (exact) mass is 291 g/mol. The lowest BCUT2D eigenvalue weighted by molar-refractivity contribution is 0.108. The number of rotatable bonds is 1. The van der Waals surface area contributed by atoms with Crippen LogP contribution >= 0.6 is 58.0 Å². The minimum Gasteiger partial charge on any atom is -0.396 e. The van der Waals surface area contributed by atoms with E-state index in [0.717, 1.165) is 0 Å². The summed E-state index contributed by atoms with van der Waals surface area (Å²) in [5.41, 5.74) is 5.34. The second-order valence-electron chi connectivity index (χ2n) is 2.32. The van der Waals surface area contributed by atoms with E-state index in [2.05, 4.69) is 0 Å². The van der Waals surface area contributed by atoms with E-state index >= 15 is 0 Å². The Morgan fingerprint density at radius 1 is 0.929 bits per heavy atom. The lowest BCUT2D eigenvalue weighted by Crippen LogP contribution is -1.98. The highest BCUT2D eigenvalue weighted by molar-refractivity contribution is 6.71. The van der Waals surface area contributed by atoms with Crippen molar-refractivity contribution in [2.75, 3.05) is 5.73 Å². The predicted molar refractivity (Wildman–Crippen MR) is 61.1 cm³/mol. The molecule has 1 aromatic carbocycles. The van der Waals surface area contributed by atoms with Crippen molar-refractivity contribution >= 4 is 68.9 Å². The highest BCUT2D eigenvalue weighted by Gasteiger charge is 2.22. The van der Waals surface area contributed by atoms with Crippen LogP contribution in [0.15, 0.2) is 0 Å². The molecule has 1 aromatic rings. The lowest BCUT2D eigenvalue weighted by Gasteiger charge is -2.09. The fraction of sp³-hybridized carbons (Fsp3) is 0. The molecule has 0 heterocycles. The van der Waals surface area contributed by atoms with Crippen LogP contribution in [0.25, 0.3) is 0 Å².